The van der Waals surface area contributed by atoms with Crippen molar-refractivity contribution in [1.29, 1.82) is 5.41 Å². The van der Waals surface area contributed by atoms with Crippen molar-refractivity contribution < 1.29 is 27.4 Å². The number of Topliss-reactive ketones (excluding diaryl/α,β-unsaturated/α-hetero) is 1. The normalized spacial score (nSPS) is 13.0. The van der Waals surface area contributed by atoms with Crippen molar-refractivity contribution in [3.63, 3.8) is 0 Å². The van der Waals surface area contributed by atoms with E-state index < -0.39 is 17.8 Å². The highest BCUT2D eigenvalue weighted by Crippen LogP contribution is 2.34. The minimum absolute atomic E-state index is 0.0135. The summed E-state index contributed by atoms with van der Waals surface area (Å²) >= 11 is 0. The molecule has 0 spiro atoms. The molecule has 0 unspecified atom stereocenters. The summed E-state index contributed by atoms with van der Waals surface area (Å²) in [5.41, 5.74) is 1.64. The van der Waals surface area contributed by atoms with Gasteiger partial charge in [-0.2, -0.15) is 13.2 Å². The highest BCUT2D eigenvalue weighted by Gasteiger charge is 2.30. The maximum atomic E-state index is 13.3. The monoisotopic (exact) mass is 540 g/mol. The summed E-state index contributed by atoms with van der Waals surface area (Å²) in [6.07, 6.45) is -3.14. The largest absolute Gasteiger partial charge is 0.490 e. The van der Waals surface area contributed by atoms with Gasteiger partial charge in [0.05, 0.1) is 30.5 Å². The molecule has 0 radical (unpaired) electrons. The number of ether oxygens (including phenoxy) is 2. The van der Waals surface area contributed by atoms with Gasteiger partial charge in [-0.1, -0.05) is 55.5 Å². The van der Waals surface area contributed by atoms with Gasteiger partial charge in [0.1, 0.15) is 0 Å². The van der Waals surface area contributed by atoms with E-state index in [-0.39, 0.29) is 17.5 Å². The lowest BCUT2D eigenvalue weighted by Gasteiger charge is -2.27. The van der Waals surface area contributed by atoms with Crippen LogP contribution in [0.3, 0.4) is 0 Å². The molecule has 0 saturated carbocycles. The van der Waals surface area contributed by atoms with Gasteiger partial charge in [0.25, 0.3) is 0 Å². The first-order valence-corrected chi connectivity index (χ1v) is 13.2. The smallest absolute Gasteiger partial charge is 0.416 e. The van der Waals surface area contributed by atoms with Crippen molar-refractivity contribution in [2.75, 3.05) is 13.2 Å². The Morgan fingerprint density at radius 3 is 2.10 bits per heavy atom. The molecule has 5 nitrogen and oxygen atoms in total. The van der Waals surface area contributed by atoms with E-state index in [0.717, 1.165) is 28.8 Å². The quantitative estimate of drug-likeness (QED) is 0.208. The maximum Gasteiger partial charge on any atom is 0.416 e. The van der Waals surface area contributed by atoms with Crippen LogP contribution in [0.2, 0.25) is 0 Å². The number of hydrogen-bond acceptors (Lipinski definition) is 5. The van der Waals surface area contributed by atoms with Crippen LogP contribution >= 0.6 is 0 Å². The van der Waals surface area contributed by atoms with Crippen molar-refractivity contribution in [1.82, 2.24) is 5.32 Å². The Morgan fingerprint density at radius 2 is 1.51 bits per heavy atom. The highest BCUT2D eigenvalue weighted by molar-refractivity contribution is 6.40. The molecule has 3 aromatic carbocycles. The van der Waals surface area contributed by atoms with Crippen LogP contribution in [-0.4, -0.2) is 24.7 Å². The zero-order chi connectivity index (χ0) is 28.4. The number of aryl methyl sites for hydroxylation is 1. The van der Waals surface area contributed by atoms with Crippen LogP contribution in [0.25, 0.3) is 0 Å². The molecule has 0 aromatic heterocycles. The molecule has 0 bridgehead atoms. The van der Waals surface area contributed by atoms with Gasteiger partial charge in [0.15, 0.2) is 17.3 Å². The zero-order valence-corrected chi connectivity index (χ0v) is 22.5. The fourth-order valence-corrected chi connectivity index (χ4v) is 4.32. The first-order valence-electron chi connectivity index (χ1n) is 13.2. The molecule has 0 aliphatic heterocycles. The van der Waals surface area contributed by atoms with E-state index in [9.17, 15) is 18.0 Å². The maximum absolute atomic E-state index is 13.3. The summed E-state index contributed by atoms with van der Waals surface area (Å²) in [6, 6.07) is 18.8. The highest BCUT2D eigenvalue weighted by atomic mass is 19.4. The summed E-state index contributed by atoms with van der Waals surface area (Å²) in [4.78, 5) is 13.3. The summed E-state index contributed by atoms with van der Waals surface area (Å²) in [5, 5.41) is 11.7. The molecule has 0 saturated heterocycles. The van der Waals surface area contributed by atoms with Crippen molar-refractivity contribution >= 4 is 11.5 Å². The average Bonchev–Trinajstić information content (AvgIpc) is 2.94. The lowest BCUT2D eigenvalue weighted by atomic mass is 9.93. The summed E-state index contributed by atoms with van der Waals surface area (Å²) in [6.45, 7) is 6.44. The van der Waals surface area contributed by atoms with Crippen LogP contribution < -0.4 is 14.8 Å². The molecular weight excluding hydrogens is 505 g/mol. The van der Waals surface area contributed by atoms with Crippen LogP contribution in [0, 0.1) is 5.41 Å². The van der Waals surface area contributed by atoms with Gasteiger partial charge in [-0.05, 0) is 74.1 Å². The van der Waals surface area contributed by atoms with Gasteiger partial charge in [-0.15, -0.1) is 0 Å². The van der Waals surface area contributed by atoms with Crippen molar-refractivity contribution in [2.45, 2.75) is 58.3 Å². The number of nitrogens with one attached hydrogen (secondary N) is 2. The topological polar surface area (TPSA) is 71.4 Å². The molecule has 3 rings (SSSR count). The lowest BCUT2D eigenvalue weighted by Crippen LogP contribution is -2.35. The predicted molar refractivity (Wildman–Crippen MR) is 147 cm³/mol. The Hall–Kier alpha value is -3.65. The molecule has 0 amide bonds. The molecule has 2 atom stereocenters. The van der Waals surface area contributed by atoms with Crippen LogP contribution in [0.15, 0.2) is 72.8 Å². The SMILES string of the molecule is CCOc1ccc([C@H](CCc2ccc(C(F)(F)F)cc2)N[C@@H](C(=O)C(=N)CC)c2ccccc2)cc1OCC. The summed E-state index contributed by atoms with van der Waals surface area (Å²) in [5.74, 6) is 0.856. The zero-order valence-electron chi connectivity index (χ0n) is 22.5. The number of carbonyl (C=O) groups excluding carboxylic acids is 1. The summed E-state index contributed by atoms with van der Waals surface area (Å²) in [7, 11) is 0. The molecule has 8 heteroatoms. The number of alkyl halides is 3. The first kappa shape index (κ1) is 29.9. The number of rotatable bonds is 14. The first-order chi connectivity index (χ1) is 18.7. The Balaban J connectivity index is 1.98. The number of halogens is 3. The van der Waals surface area contributed by atoms with Gasteiger partial charge in [-0.3, -0.25) is 10.1 Å². The van der Waals surface area contributed by atoms with Gasteiger partial charge in [0, 0.05) is 6.04 Å². The summed E-state index contributed by atoms with van der Waals surface area (Å²) < 4.78 is 50.6. The van der Waals surface area contributed by atoms with Crippen molar-refractivity contribution in [3.8, 4) is 11.5 Å². The van der Waals surface area contributed by atoms with E-state index >= 15 is 0 Å². The number of carbonyl (C=O) groups is 1. The third-order valence-electron chi connectivity index (χ3n) is 6.39. The molecule has 3 aromatic rings. The van der Waals surface area contributed by atoms with E-state index in [0.29, 0.717) is 44.0 Å². The van der Waals surface area contributed by atoms with Crippen molar-refractivity contribution in [2.24, 2.45) is 0 Å². The molecule has 0 aliphatic carbocycles. The minimum atomic E-state index is -4.40. The van der Waals surface area contributed by atoms with Crippen LogP contribution in [0.5, 0.6) is 11.5 Å². The van der Waals surface area contributed by atoms with E-state index in [1.807, 2.05) is 62.4 Å². The van der Waals surface area contributed by atoms with E-state index in [1.54, 1.807) is 6.92 Å². The Bertz CT molecular complexity index is 1230. The Labute approximate surface area is 227 Å². The molecule has 0 fully saturated rings. The van der Waals surface area contributed by atoms with Gasteiger partial charge in [-0.25, -0.2) is 0 Å². The van der Waals surface area contributed by atoms with Crippen LogP contribution in [-0.2, 0) is 17.4 Å². The third kappa shape index (κ3) is 8.17. The second-order valence-electron chi connectivity index (χ2n) is 9.06. The van der Waals surface area contributed by atoms with E-state index in [2.05, 4.69) is 5.32 Å². The average molecular weight is 541 g/mol. The van der Waals surface area contributed by atoms with Gasteiger partial charge >= 0.3 is 6.18 Å². The van der Waals surface area contributed by atoms with E-state index in [4.69, 9.17) is 14.9 Å². The van der Waals surface area contributed by atoms with Crippen LogP contribution in [0.4, 0.5) is 13.2 Å². The molecule has 39 heavy (non-hydrogen) atoms. The second-order valence-corrected chi connectivity index (χ2v) is 9.06. The number of ketones is 1. The second kappa shape index (κ2) is 13.9. The van der Waals surface area contributed by atoms with Gasteiger partial charge < -0.3 is 14.9 Å². The third-order valence-corrected chi connectivity index (χ3v) is 6.39. The Kier molecular flexibility index (Phi) is 10.7. The standard InChI is InChI=1S/C31H35F3N2O3/c1-4-25(35)30(37)29(22-10-8-7-9-11-22)36-26(18-14-21-12-16-24(17-13-21)31(32,33)34)23-15-19-27(38-5-2)28(20-23)39-6-3/h7-13,15-17,19-20,26,29,35-36H,4-6,14,18H2,1-3H3/t26-,29+/m0/s1. The minimum Gasteiger partial charge on any atom is -0.490 e. The molecule has 2 N–H and O–H groups in total. The number of hydrogen-bond donors (Lipinski definition) is 2. The molecule has 208 valence electrons. The fraction of sp³-hybridized carbons (Fsp3) is 0.355. The van der Waals surface area contributed by atoms with Gasteiger partial charge in [0.2, 0.25) is 0 Å². The Morgan fingerprint density at radius 1 is 0.872 bits per heavy atom. The van der Waals surface area contributed by atoms with E-state index in [1.165, 1.54) is 12.1 Å². The molecular formula is C31H35F3N2O3. The van der Waals surface area contributed by atoms with Crippen LogP contribution in [0.1, 0.15) is 68.0 Å². The molecule has 0 heterocycles. The van der Waals surface area contributed by atoms with Crippen molar-refractivity contribution in [3.05, 3.63) is 95.1 Å². The number of benzene rings is 3. The fourth-order valence-electron chi connectivity index (χ4n) is 4.32. The molecule has 0 aliphatic rings. The predicted octanol–water partition coefficient (Wildman–Crippen LogP) is 7.51. The lowest BCUT2D eigenvalue weighted by molar-refractivity contribution is -0.137.